The second kappa shape index (κ2) is 11.2. The van der Waals surface area contributed by atoms with Crippen LogP contribution >= 0.6 is 11.3 Å². The smallest absolute Gasteiger partial charge is 0.251 e. The maximum atomic E-state index is 12.5. The van der Waals surface area contributed by atoms with Crippen LogP contribution in [-0.4, -0.2) is 66.7 Å². The summed E-state index contributed by atoms with van der Waals surface area (Å²) in [7, 11) is 1.98. The fourth-order valence-corrected chi connectivity index (χ4v) is 5.86. The van der Waals surface area contributed by atoms with Gasteiger partial charge in [0.15, 0.2) is 0 Å². The minimum atomic E-state index is -0.358. The van der Waals surface area contributed by atoms with Gasteiger partial charge in [0.1, 0.15) is 18.0 Å². The largest absolute Gasteiger partial charge is 0.485 e. The summed E-state index contributed by atoms with van der Waals surface area (Å²) in [5.41, 5.74) is 1.00. The zero-order chi connectivity index (χ0) is 24.1. The Kier molecular flexibility index (Phi) is 8.30. The number of morpholine rings is 1. The zero-order valence-corrected chi connectivity index (χ0v) is 21.8. The highest BCUT2D eigenvalue weighted by atomic mass is 32.1. The molecule has 0 bridgehead atoms. The van der Waals surface area contributed by atoms with Crippen LogP contribution in [-0.2, 0) is 16.1 Å². The Morgan fingerprint density at radius 1 is 1.21 bits per heavy atom. The molecule has 1 aromatic carbocycles. The van der Waals surface area contributed by atoms with Gasteiger partial charge in [0, 0.05) is 42.5 Å². The zero-order valence-electron chi connectivity index (χ0n) is 21.0. The number of nitrogens with zero attached hydrogens (tertiary/aromatic N) is 2. The van der Waals surface area contributed by atoms with Crippen molar-refractivity contribution in [3.63, 3.8) is 0 Å². The predicted molar refractivity (Wildman–Crippen MR) is 137 cm³/mol. The summed E-state index contributed by atoms with van der Waals surface area (Å²) in [5.74, 6) is 1.09. The molecule has 2 aliphatic heterocycles. The second-order valence-corrected chi connectivity index (χ2v) is 10.9. The Bertz CT molecular complexity index is 925. The van der Waals surface area contributed by atoms with E-state index in [1.165, 1.54) is 10.4 Å². The van der Waals surface area contributed by atoms with E-state index >= 15 is 0 Å². The summed E-state index contributed by atoms with van der Waals surface area (Å²) in [4.78, 5) is 18.3. The first-order chi connectivity index (χ1) is 16.4. The average molecular weight is 486 g/mol. The van der Waals surface area contributed by atoms with Gasteiger partial charge in [-0.2, -0.15) is 0 Å². The molecule has 186 valence electrons. The summed E-state index contributed by atoms with van der Waals surface area (Å²) in [6.45, 7) is 10.5. The molecule has 3 heterocycles. The molecular weight excluding hydrogens is 446 g/mol. The quantitative estimate of drug-likeness (QED) is 0.568. The molecule has 1 spiro atoms. The molecule has 0 radical (unpaired) electrons. The number of amides is 1. The first-order valence-corrected chi connectivity index (χ1v) is 13.4. The van der Waals surface area contributed by atoms with Crippen molar-refractivity contribution in [1.29, 1.82) is 0 Å². The van der Waals surface area contributed by atoms with E-state index in [4.69, 9.17) is 9.47 Å². The van der Waals surface area contributed by atoms with Gasteiger partial charge in [-0.3, -0.25) is 9.69 Å². The molecule has 4 rings (SSSR count). The topological polar surface area (TPSA) is 54.0 Å². The van der Waals surface area contributed by atoms with Crippen LogP contribution in [0.2, 0.25) is 0 Å². The number of piperidine rings is 1. The third-order valence-electron chi connectivity index (χ3n) is 7.06. The number of thiophene rings is 1. The molecule has 7 heteroatoms. The van der Waals surface area contributed by atoms with Crippen LogP contribution in [0, 0.1) is 0 Å². The molecule has 1 aromatic heterocycles. The van der Waals surface area contributed by atoms with Gasteiger partial charge in [-0.05, 0) is 64.7 Å². The van der Waals surface area contributed by atoms with Crippen LogP contribution < -0.4 is 10.1 Å². The molecule has 34 heavy (non-hydrogen) atoms. The van der Waals surface area contributed by atoms with Crippen LogP contribution in [0.4, 0.5) is 0 Å². The summed E-state index contributed by atoms with van der Waals surface area (Å²) < 4.78 is 12.9. The first kappa shape index (κ1) is 25.2. The van der Waals surface area contributed by atoms with Crippen LogP contribution in [0.15, 0.2) is 41.8 Å². The van der Waals surface area contributed by atoms with E-state index < -0.39 is 0 Å². The van der Waals surface area contributed by atoms with Crippen LogP contribution in [0.1, 0.15) is 56.6 Å². The van der Waals surface area contributed by atoms with Crippen molar-refractivity contribution in [2.24, 2.45) is 0 Å². The SMILES string of the molecule is CNCC[C@@H](Oc1ccccc1CN1CCC2(CC1)CN(C(C)C)C(=O)[C@H](C)O2)c1cccs1. The Balaban J connectivity index is 1.41. The van der Waals surface area contributed by atoms with E-state index in [0.717, 1.165) is 51.2 Å². The summed E-state index contributed by atoms with van der Waals surface area (Å²) in [6, 6.07) is 12.9. The monoisotopic (exact) mass is 485 g/mol. The number of para-hydroxylation sites is 1. The van der Waals surface area contributed by atoms with E-state index in [0.29, 0.717) is 6.54 Å². The van der Waals surface area contributed by atoms with Crippen LogP contribution in [0.3, 0.4) is 0 Å². The third kappa shape index (κ3) is 5.82. The maximum Gasteiger partial charge on any atom is 0.251 e. The van der Waals surface area contributed by atoms with Gasteiger partial charge in [-0.15, -0.1) is 11.3 Å². The summed E-state index contributed by atoms with van der Waals surface area (Å²) in [6.07, 6.45) is 2.50. The lowest BCUT2D eigenvalue weighted by molar-refractivity contribution is -0.193. The number of rotatable bonds is 9. The average Bonchev–Trinajstić information content (AvgIpc) is 3.36. The van der Waals surface area contributed by atoms with E-state index in [-0.39, 0.29) is 29.8 Å². The fourth-order valence-electron chi connectivity index (χ4n) is 5.07. The molecule has 2 aromatic rings. The highest BCUT2D eigenvalue weighted by molar-refractivity contribution is 7.10. The van der Waals surface area contributed by atoms with Crippen molar-refractivity contribution in [2.75, 3.05) is 33.2 Å². The van der Waals surface area contributed by atoms with Crippen LogP contribution in [0.25, 0.3) is 0 Å². The predicted octanol–water partition coefficient (Wildman–Crippen LogP) is 4.47. The minimum absolute atomic E-state index is 0.0508. The van der Waals surface area contributed by atoms with Gasteiger partial charge in [0.2, 0.25) is 0 Å². The molecule has 2 aliphatic rings. The van der Waals surface area contributed by atoms with Gasteiger partial charge >= 0.3 is 0 Å². The number of benzene rings is 1. The molecule has 0 unspecified atom stereocenters. The van der Waals surface area contributed by atoms with Gasteiger partial charge in [0.25, 0.3) is 5.91 Å². The Morgan fingerprint density at radius 2 is 1.97 bits per heavy atom. The molecule has 0 saturated carbocycles. The third-order valence-corrected chi connectivity index (χ3v) is 8.02. The van der Waals surface area contributed by atoms with Crippen molar-refractivity contribution in [2.45, 2.75) is 70.4 Å². The standard InChI is InChI=1S/C27H39N3O3S/c1-20(2)30-19-27(33-21(3)26(30)31)12-15-29(16-13-27)18-22-8-5-6-9-23(22)32-24(11-14-28-4)25-10-7-17-34-25/h5-10,17,20-21,24,28H,11-16,18-19H2,1-4H3/t21-,24+/m0/s1. The first-order valence-electron chi connectivity index (χ1n) is 12.5. The Morgan fingerprint density at radius 3 is 2.65 bits per heavy atom. The second-order valence-electron chi connectivity index (χ2n) is 9.90. The number of nitrogens with one attached hydrogen (secondary N) is 1. The van der Waals surface area contributed by atoms with E-state index in [9.17, 15) is 4.79 Å². The highest BCUT2D eigenvalue weighted by Crippen LogP contribution is 2.35. The molecule has 1 N–H and O–H groups in total. The van der Waals surface area contributed by atoms with E-state index in [2.05, 4.69) is 65.8 Å². The molecule has 2 fully saturated rings. The van der Waals surface area contributed by atoms with Gasteiger partial charge in [-0.25, -0.2) is 0 Å². The van der Waals surface area contributed by atoms with E-state index in [1.807, 2.05) is 18.9 Å². The normalized spacial score (nSPS) is 21.9. The number of carbonyl (C=O) groups is 1. The molecule has 6 nitrogen and oxygen atoms in total. The lowest BCUT2D eigenvalue weighted by Crippen LogP contribution is -2.62. The lowest BCUT2D eigenvalue weighted by Gasteiger charge is -2.50. The van der Waals surface area contributed by atoms with Crippen molar-refractivity contribution < 1.29 is 14.3 Å². The van der Waals surface area contributed by atoms with Crippen molar-refractivity contribution in [1.82, 2.24) is 15.1 Å². The molecule has 2 atom stereocenters. The summed E-state index contributed by atoms with van der Waals surface area (Å²) >= 11 is 1.75. The summed E-state index contributed by atoms with van der Waals surface area (Å²) in [5, 5.41) is 5.36. The number of likely N-dealkylation sites (tertiary alicyclic amines) is 1. The number of hydrogen-bond donors (Lipinski definition) is 1. The van der Waals surface area contributed by atoms with Crippen molar-refractivity contribution >= 4 is 17.2 Å². The Hall–Kier alpha value is -1.93. The van der Waals surface area contributed by atoms with Crippen LogP contribution in [0.5, 0.6) is 5.75 Å². The van der Waals surface area contributed by atoms with Gasteiger partial charge in [-0.1, -0.05) is 24.3 Å². The highest BCUT2D eigenvalue weighted by Gasteiger charge is 2.45. The van der Waals surface area contributed by atoms with Crippen molar-refractivity contribution in [3.8, 4) is 5.75 Å². The maximum absolute atomic E-state index is 12.5. The van der Waals surface area contributed by atoms with E-state index in [1.54, 1.807) is 11.3 Å². The lowest BCUT2D eigenvalue weighted by atomic mass is 9.87. The van der Waals surface area contributed by atoms with Gasteiger partial charge < -0.3 is 19.7 Å². The minimum Gasteiger partial charge on any atom is -0.485 e. The fraction of sp³-hybridized carbons (Fsp3) is 0.593. The van der Waals surface area contributed by atoms with Gasteiger partial charge in [0.05, 0.1) is 12.1 Å². The molecule has 1 amide bonds. The number of ether oxygens (including phenoxy) is 2. The molecular formula is C27H39N3O3S. The number of hydrogen-bond acceptors (Lipinski definition) is 6. The molecule has 2 saturated heterocycles. The van der Waals surface area contributed by atoms with Crippen molar-refractivity contribution in [3.05, 3.63) is 52.2 Å². The molecule has 0 aliphatic carbocycles. The Labute approximate surface area is 208 Å². The number of carbonyl (C=O) groups excluding carboxylic acids is 1.